The quantitative estimate of drug-likeness (QED) is 0.652. The Labute approximate surface area is 182 Å². The molecule has 1 aromatic heterocycles. The van der Waals surface area contributed by atoms with E-state index < -0.39 is 0 Å². The van der Waals surface area contributed by atoms with E-state index >= 15 is 0 Å². The van der Waals surface area contributed by atoms with Gasteiger partial charge in [0.1, 0.15) is 12.4 Å². The molecule has 1 N–H and O–H groups in total. The second-order valence-electron chi connectivity index (χ2n) is 8.27. The molecule has 1 aliphatic heterocycles. The maximum atomic E-state index is 12.6. The first-order valence-corrected chi connectivity index (χ1v) is 10.2. The lowest BCUT2D eigenvalue weighted by atomic mass is 10.2. The minimum atomic E-state index is -0.281. The van der Waals surface area contributed by atoms with Crippen LogP contribution in [0, 0.1) is 0 Å². The number of amides is 2. The predicted molar refractivity (Wildman–Crippen MR) is 117 cm³/mol. The third-order valence-electron chi connectivity index (χ3n) is 4.69. The number of benzene rings is 1. The monoisotopic (exact) mass is 427 g/mol. The maximum absolute atomic E-state index is 12.6. The summed E-state index contributed by atoms with van der Waals surface area (Å²) >= 11 is 0. The number of carbonyl (C=O) groups is 2. The van der Waals surface area contributed by atoms with Crippen molar-refractivity contribution in [1.82, 2.24) is 10.3 Å². The summed E-state index contributed by atoms with van der Waals surface area (Å²) in [5.74, 6) is 0.781. The second-order valence-corrected chi connectivity index (χ2v) is 8.27. The molecule has 0 radical (unpaired) electrons. The highest BCUT2D eigenvalue weighted by atomic mass is 16.5. The van der Waals surface area contributed by atoms with E-state index in [0.29, 0.717) is 37.0 Å². The van der Waals surface area contributed by atoms with Gasteiger partial charge in [0.2, 0.25) is 11.8 Å². The lowest BCUT2D eigenvalue weighted by Crippen LogP contribution is -2.37. The molecule has 0 aliphatic carbocycles. The van der Waals surface area contributed by atoms with Gasteiger partial charge in [-0.15, -0.1) is 0 Å². The Bertz CT molecular complexity index is 908. The second kappa shape index (κ2) is 9.78. The van der Waals surface area contributed by atoms with E-state index in [9.17, 15) is 9.59 Å². The molecule has 1 atom stereocenters. The molecule has 1 fully saturated rings. The van der Waals surface area contributed by atoms with Crippen molar-refractivity contribution in [2.45, 2.75) is 38.8 Å². The fourth-order valence-corrected chi connectivity index (χ4v) is 3.19. The third kappa shape index (κ3) is 6.42. The zero-order valence-electron chi connectivity index (χ0n) is 18.4. The molecule has 2 aromatic rings. The summed E-state index contributed by atoms with van der Waals surface area (Å²) < 4.78 is 16.4. The van der Waals surface area contributed by atoms with E-state index in [1.807, 2.05) is 39.0 Å². The number of nitrogens with one attached hydrogen (secondary N) is 1. The van der Waals surface area contributed by atoms with Crippen molar-refractivity contribution < 1.29 is 23.8 Å². The molecule has 31 heavy (non-hydrogen) atoms. The molecule has 8 nitrogen and oxygen atoms in total. The molecule has 0 bridgehead atoms. The average Bonchev–Trinajstić information content (AvgIpc) is 3.11. The van der Waals surface area contributed by atoms with Crippen LogP contribution in [-0.4, -0.2) is 55.3 Å². The SMILES string of the molecule is COc1cccc(N2CC(NC(=O)c3ccc(OCCOC(C)(C)C)nc3)CC2=O)c1. The zero-order valence-corrected chi connectivity index (χ0v) is 18.4. The van der Waals surface area contributed by atoms with Gasteiger partial charge < -0.3 is 24.4 Å². The normalized spacial score (nSPS) is 16.3. The fourth-order valence-electron chi connectivity index (χ4n) is 3.19. The Hall–Kier alpha value is -3.13. The molecule has 166 valence electrons. The van der Waals surface area contributed by atoms with Gasteiger partial charge in [-0.05, 0) is 39.0 Å². The van der Waals surface area contributed by atoms with Crippen LogP contribution < -0.4 is 19.7 Å². The molecule has 1 aliphatic rings. The van der Waals surface area contributed by atoms with Gasteiger partial charge in [0, 0.05) is 37.0 Å². The molecule has 3 rings (SSSR count). The first-order chi connectivity index (χ1) is 14.7. The number of anilines is 1. The highest BCUT2D eigenvalue weighted by Crippen LogP contribution is 2.25. The van der Waals surface area contributed by atoms with Gasteiger partial charge in [0.15, 0.2) is 0 Å². The third-order valence-corrected chi connectivity index (χ3v) is 4.69. The Kier molecular flexibility index (Phi) is 7.12. The van der Waals surface area contributed by atoms with E-state index in [2.05, 4.69) is 10.3 Å². The number of ether oxygens (including phenoxy) is 3. The summed E-state index contributed by atoms with van der Waals surface area (Å²) in [6.45, 7) is 7.17. The highest BCUT2D eigenvalue weighted by Gasteiger charge is 2.32. The molecule has 8 heteroatoms. The summed E-state index contributed by atoms with van der Waals surface area (Å²) in [4.78, 5) is 30.8. The number of methoxy groups -OCH3 is 1. The van der Waals surface area contributed by atoms with Crippen LogP contribution in [0.15, 0.2) is 42.6 Å². The largest absolute Gasteiger partial charge is 0.497 e. The van der Waals surface area contributed by atoms with Crippen LogP contribution in [0.1, 0.15) is 37.6 Å². The zero-order chi connectivity index (χ0) is 22.4. The van der Waals surface area contributed by atoms with E-state index in [0.717, 1.165) is 5.69 Å². The van der Waals surface area contributed by atoms with Gasteiger partial charge in [-0.1, -0.05) is 6.07 Å². The van der Waals surface area contributed by atoms with Crippen LogP contribution in [-0.2, 0) is 9.53 Å². The molecule has 1 saturated heterocycles. The van der Waals surface area contributed by atoms with Gasteiger partial charge in [0.25, 0.3) is 5.91 Å². The van der Waals surface area contributed by atoms with E-state index in [1.54, 1.807) is 30.2 Å². The van der Waals surface area contributed by atoms with Crippen LogP contribution >= 0.6 is 0 Å². The standard InChI is InChI=1S/C23H29N3O5/c1-23(2,3)31-11-10-30-20-9-8-16(14-24-20)22(28)25-17-12-21(27)26(15-17)18-6-5-7-19(13-18)29-4/h5-9,13-14,17H,10-12,15H2,1-4H3,(H,25,28). The summed E-state index contributed by atoms with van der Waals surface area (Å²) in [5.41, 5.74) is 0.938. The number of hydrogen-bond acceptors (Lipinski definition) is 6. The van der Waals surface area contributed by atoms with Gasteiger partial charge >= 0.3 is 0 Å². The van der Waals surface area contributed by atoms with Crippen molar-refractivity contribution in [2.75, 3.05) is 31.8 Å². The number of rotatable bonds is 8. The molecule has 2 amide bonds. The molecular weight excluding hydrogens is 398 g/mol. The minimum absolute atomic E-state index is 0.0436. The molecule has 0 saturated carbocycles. The molecule has 2 heterocycles. The number of aromatic nitrogens is 1. The van der Waals surface area contributed by atoms with Gasteiger partial charge in [-0.25, -0.2) is 4.98 Å². The lowest BCUT2D eigenvalue weighted by molar-refractivity contribution is -0.117. The van der Waals surface area contributed by atoms with Crippen LogP contribution in [0.2, 0.25) is 0 Å². The van der Waals surface area contributed by atoms with Crippen LogP contribution in [0.25, 0.3) is 0 Å². The van der Waals surface area contributed by atoms with E-state index in [1.165, 1.54) is 6.20 Å². The number of carbonyl (C=O) groups excluding carboxylic acids is 2. The Balaban J connectivity index is 1.51. The molecule has 0 spiro atoms. The van der Waals surface area contributed by atoms with Crippen molar-refractivity contribution in [1.29, 1.82) is 0 Å². The molecular formula is C23H29N3O5. The fraction of sp³-hybridized carbons (Fsp3) is 0.435. The Morgan fingerprint density at radius 2 is 2.03 bits per heavy atom. The van der Waals surface area contributed by atoms with Gasteiger partial charge in [-0.2, -0.15) is 0 Å². The summed E-state index contributed by atoms with van der Waals surface area (Å²) in [7, 11) is 1.58. The van der Waals surface area contributed by atoms with E-state index in [4.69, 9.17) is 14.2 Å². The number of pyridine rings is 1. The maximum Gasteiger partial charge on any atom is 0.253 e. The number of nitrogens with zero attached hydrogens (tertiary/aromatic N) is 2. The molecule has 1 unspecified atom stereocenters. The summed E-state index contributed by atoms with van der Waals surface area (Å²) in [6, 6.07) is 10.3. The van der Waals surface area contributed by atoms with E-state index in [-0.39, 0.29) is 29.9 Å². The molecule has 1 aromatic carbocycles. The van der Waals surface area contributed by atoms with Crippen LogP contribution in [0.4, 0.5) is 5.69 Å². The van der Waals surface area contributed by atoms with Crippen molar-refractivity contribution in [3.8, 4) is 11.6 Å². The van der Waals surface area contributed by atoms with Crippen LogP contribution in [0.3, 0.4) is 0 Å². The smallest absolute Gasteiger partial charge is 0.253 e. The Morgan fingerprint density at radius 3 is 2.71 bits per heavy atom. The topological polar surface area (TPSA) is 90.0 Å². The van der Waals surface area contributed by atoms with Crippen molar-refractivity contribution in [3.63, 3.8) is 0 Å². The van der Waals surface area contributed by atoms with Crippen molar-refractivity contribution in [3.05, 3.63) is 48.2 Å². The highest BCUT2D eigenvalue weighted by molar-refractivity contribution is 5.99. The van der Waals surface area contributed by atoms with Crippen molar-refractivity contribution >= 4 is 17.5 Å². The number of hydrogen-bond donors (Lipinski definition) is 1. The lowest BCUT2D eigenvalue weighted by Gasteiger charge is -2.19. The average molecular weight is 428 g/mol. The van der Waals surface area contributed by atoms with Gasteiger partial charge in [-0.3, -0.25) is 9.59 Å². The minimum Gasteiger partial charge on any atom is -0.497 e. The predicted octanol–water partition coefficient (Wildman–Crippen LogP) is 2.82. The summed E-state index contributed by atoms with van der Waals surface area (Å²) in [6.07, 6.45) is 1.71. The summed E-state index contributed by atoms with van der Waals surface area (Å²) in [5, 5.41) is 2.91. The first kappa shape index (κ1) is 22.6. The van der Waals surface area contributed by atoms with Gasteiger partial charge in [0.05, 0.1) is 30.9 Å². The first-order valence-electron chi connectivity index (χ1n) is 10.2. The Morgan fingerprint density at radius 1 is 1.23 bits per heavy atom. The van der Waals surface area contributed by atoms with Crippen LogP contribution in [0.5, 0.6) is 11.6 Å². The van der Waals surface area contributed by atoms with Crippen molar-refractivity contribution in [2.24, 2.45) is 0 Å².